The SMILES string of the molecule is CC(C)n1nccc1-c1ccc(N2CCSCC2)nn1. The Morgan fingerprint density at radius 1 is 1.10 bits per heavy atom. The second kappa shape index (κ2) is 5.83. The molecule has 1 aliphatic rings. The third-order valence-corrected chi connectivity index (χ3v) is 4.35. The Balaban J connectivity index is 1.83. The van der Waals surface area contributed by atoms with E-state index < -0.39 is 0 Å². The van der Waals surface area contributed by atoms with Crippen molar-refractivity contribution in [3.05, 3.63) is 24.4 Å². The lowest BCUT2D eigenvalue weighted by molar-refractivity contribution is 0.537. The van der Waals surface area contributed by atoms with Gasteiger partial charge in [-0.25, -0.2) is 0 Å². The molecule has 1 saturated heterocycles. The summed E-state index contributed by atoms with van der Waals surface area (Å²) in [7, 11) is 0. The van der Waals surface area contributed by atoms with Crippen molar-refractivity contribution in [3.8, 4) is 11.4 Å². The zero-order chi connectivity index (χ0) is 13.9. The molecule has 3 rings (SSSR count). The third kappa shape index (κ3) is 2.65. The standard InChI is InChI=1S/C14H19N5S/c1-11(2)19-13(5-6-15-19)12-3-4-14(17-16-12)18-7-9-20-10-8-18/h3-6,11H,7-10H2,1-2H3. The van der Waals surface area contributed by atoms with Crippen LogP contribution in [0.2, 0.25) is 0 Å². The predicted molar refractivity (Wildman–Crippen MR) is 83.2 cm³/mol. The maximum Gasteiger partial charge on any atom is 0.151 e. The highest BCUT2D eigenvalue weighted by Crippen LogP contribution is 2.22. The summed E-state index contributed by atoms with van der Waals surface area (Å²) in [5, 5.41) is 13.1. The summed E-state index contributed by atoms with van der Waals surface area (Å²) in [6.07, 6.45) is 1.81. The number of hydrogen-bond acceptors (Lipinski definition) is 5. The second-order valence-corrected chi connectivity index (χ2v) is 6.36. The molecule has 0 N–H and O–H groups in total. The first-order chi connectivity index (χ1) is 9.75. The normalized spacial score (nSPS) is 15.8. The number of hydrogen-bond donors (Lipinski definition) is 0. The number of rotatable bonds is 3. The summed E-state index contributed by atoms with van der Waals surface area (Å²) >= 11 is 2.00. The molecule has 0 unspecified atom stereocenters. The van der Waals surface area contributed by atoms with Crippen LogP contribution in [-0.4, -0.2) is 44.6 Å². The first-order valence-corrected chi connectivity index (χ1v) is 8.11. The molecule has 0 aliphatic carbocycles. The van der Waals surface area contributed by atoms with Crippen LogP contribution in [0.1, 0.15) is 19.9 Å². The Kier molecular flexibility index (Phi) is 3.91. The van der Waals surface area contributed by atoms with Crippen LogP contribution < -0.4 is 4.90 Å². The van der Waals surface area contributed by atoms with Crippen LogP contribution in [0.15, 0.2) is 24.4 Å². The Labute approximate surface area is 123 Å². The van der Waals surface area contributed by atoms with Crippen LogP contribution >= 0.6 is 11.8 Å². The number of anilines is 1. The molecule has 6 heteroatoms. The summed E-state index contributed by atoms with van der Waals surface area (Å²) in [6, 6.07) is 6.41. The molecule has 2 aromatic rings. The third-order valence-electron chi connectivity index (χ3n) is 3.41. The van der Waals surface area contributed by atoms with Crippen LogP contribution in [0.25, 0.3) is 11.4 Å². The van der Waals surface area contributed by atoms with Gasteiger partial charge in [0.1, 0.15) is 5.69 Å². The molecule has 1 fully saturated rings. The van der Waals surface area contributed by atoms with Crippen molar-refractivity contribution in [2.24, 2.45) is 0 Å². The highest BCUT2D eigenvalue weighted by atomic mass is 32.2. The van der Waals surface area contributed by atoms with Crippen LogP contribution in [0.3, 0.4) is 0 Å². The minimum atomic E-state index is 0.320. The van der Waals surface area contributed by atoms with Crippen molar-refractivity contribution in [3.63, 3.8) is 0 Å². The van der Waals surface area contributed by atoms with Crippen molar-refractivity contribution in [2.75, 3.05) is 29.5 Å². The van der Waals surface area contributed by atoms with Crippen LogP contribution in [0, 0.1) is 0 Å². The van der Waals surface area contributed by atoms with Gasteiger partial charge in [0.2, 0.25) is 0 Å². The van der Waals surface area contributed by atoms with Crippen molar-refractivity contribution in [1.82, 2.24) is 20.0 Å². The smallest absolute Gasteiger partial charge is 0.151 e. The van der Waals surface area contributed by atoms with E-state index in [2.05, 4.69) is 40.1 Å². The zero-order valence-corrected chi connectivity index (χ0v) is 12.7. The Morgan fingerprint density at radius 2 is 1.90 bits per heavy atom. The quantitative estimate of drug-likeness (QED) is 0.868. The summed E-state index contributed by atoms with van der Waals surface area (Å²) in [6.45, 7) is 6.35. The molecule has 0 aromatic carbocycles. The van der Waals surface area contributed by atoms with Crippen molar-refractivity contribution in [2.45, 2.75) is 19.9 Å². The molecule has 0 saturated carbocycles. The molecule has 0 spiro atoms. The molecule has 3 heterocycles. The minimum absolute atomic E-state index is 0.320. The fraction of sp³-hybridized carbons (Fsp3) is 0.500. The zero-order valence-electron chi connectivity index (χ0n) is 11.9. The van der Waals surface area contributed by atoms with Crippen molar-refractivity contribution >= 4 is 17.6 Å². The van der Waals surface area contributed by atoms with Gasteiger partial charge in [-0.15, -0.1) is 10.2 Å². The largest absolute Gasteiger partial charge is 0.353 e. The fourth-order valence-corrected chi connectivity index (χ4v) is 3.25. The topological polar surface area (TPSA) is 46.8 Å². The van der Waals surface area contributed by atoms with Gasteiger partial charge in [-0.3, -0.25) is 4.68 Å². The second-order valence-electron chi connectivity index (χ2n) is 5.13. The van der Waals surface area contributed by atoms with E-state index in [4.69, 9.17) is 0 Å². The lowest BCUT2D eigenvalue weighted by Crippen LogP contribution is -2.33. The van der Waals surface area contributed by atoms with Gasteiger partial charge in [0.05, 0.1) is 5.69 Å². The van der Waals surface area contributed by atoms with Gasteiger partial charge in [0.25, 0.3) is 0 Å². The Morgan fingerprint density at radius 3 is 2.55 bits per heavy atom. The van der Waals surface area contributed by atoms with E-state index in [9.17, 15) is 0 Å². The van der Waals surface area contributed by atoms with Gasteiger partial charge >= 0.3 is 0 Å². The van der Waals surface area contributed by atoms with Gasteiger partial charge < -0.3 is 4.90 Å². The molecule has 1 aliphatic heterocycles. The van der Waals surface area contributed by atoms with Crippen LogP contribution in [0.5, 0.6) is 0 Å². The Hall–Kier alpha value is -1.56. The summed E-state index contributed by atoms with van der Waals surface area (Å²) in [5.41, 5.74) is 1.90. The van der Waals surface area contributed by atoms with E-state index >= 15 is 0 Å². The highest BCUT2D eigenvalue weighted by Gasteiger charge is 2.14. The molecule has 0 radical (unpaired) electrons. The van der Waals surface area contributed by atoms with Gasteiger partial charge in [0, 0.05) is 36.8 Å². The first kappa shape index (κ1) is 13.4. The van der Waals surface area contributed by atoms with Gasteiger partial charge in [-0.2, -0.15) is 16.9 Å². The number of thioether (sulfide) groups is 1. The molecule has 106 valence electrons. The van der Waals surface area contributed by atoms with Crippen LogP contribution in [0.4, 0.5) is 5.82 Å². The lowest BCUT2D eigenvalue weighted by atomic mass is 10.2. The maximum atomic E-state index is 4.38. The van der Waals surface area contributed by atoms with E-state index in [0.717, 1.165) is 30.3 Å². The lowest BCUT2D eigenvalue weighted by Gasteiger charge is -2.26. The molecular formula is C14H19N5S. The summed E-state index contributed by atoms with van der Waals surface area (Å²) in [4.78, 5) is 2.30. The van der Waals surface area contributed by atoms with E-state index in [1.54, 1.807) is 0 Å². The summed E-state index contributed by atoms with van der Waals surface area (Å²) < 4.78 is 1.97. The van der Waals surface area contributed by atoms with E-state index in [0.29, 0.717) is 6.04 Å². The molecule has 0 bridgehead atoms. The van der Waals surface area contributed by atoms with Gasteiger partial charge in [-0.1, -0.05) is 0 Å². The number of aromatic nitrogens is 4. The molecule has 20 heavy (non-hydrogen) atoms. The van der Waals surface area contributed by atoms with E-state index in [-0.39, 0.29) is 0 Å². The van der Waals surface area contributed by atoms with Gasteiger partial charge in [-0.05, 0) is 32.0 Å². The monoisotopic (exact) mass is 289 g/mol. The van der Waals surface area contributed by atoms with E-state index in [1.165, 1.54) is 11.5 Å². The molecule has 0 amide bonds. The molecule has 0 atom stereocenters. The molecule has 5 nitrogen and oxygen atoms in total. The minimum Gasteiger partial charge on any atom is -0.353 e. The average molecular weight is 289 g/mol. The number of nitrogens with zero attached hydrogens (tertiary/aromatic N) is 5. The van der Waals surface area contributed by atoms with Crippen molar-refractivity contribution < 1.29 is 0 Å². The first-order valence-electron chi connectivity index (χ1n) is 6.96. The summed E-state index contributed by atoms with van der Waals surface area (Å²) in [5.74, 6) is 3.32. The molecular weight excluding hydrogens is 270 g/mol. The highest BCUT2D eigenvalue weighted by molar-refractivity contribution is 7.99. The molecule has 2 aromatic heterocycles. The maximum absolute atomic E-state index is 4.38. The fourth-order valence-electron chi connectivity index (χ4n) is 2.35. The predicted octanol–water partition coefficient (Wildman–Crippen LogP) is 2.47. The average Bonchev–Trinajstić information content (AvgIpc) is 2.98. The van der Waals surface area contributed by atoms with Crippen LogP contribution in [-0.2, 0) is 0 Å². The van der Waals surface area contributed by atoms with E-state index in [1.807, 2.05) is 34.8 Å². The van der Waals surface area contributed by atoms with Gasteiger partial charge in [0.15, 0.2) is 5.82 Å². The van der Waals surface area contributed by atoms with Crippen molar-refractivity contribution in [1.29, 1.82) is 0 Å². The Bertz CT molecular complexity index is 557.